The normalized spacial score (nSPS) is 10.7. The van der Waals surface area contributed by atoms with Crippen LogP contribution in [-0.2, 0) is 11.4 Å². The number of aliphatic carboxylic acids is 1. The molecule has 0 aromatic heterocycles. The van der Waals surface area contributed by atoms with E-state index in [-0.39, 0.29) is 5.75 Å². The van der Waals surface area contributed by atoms with Crippen LogP contribution in [0.3, 0.4) is 0 Å². The highest BCUT2D eigenvalue weighted by Gasteiger charge is 2.04. The number of phenolic OH excluding ortho intramolecular Hbond substituents is 1. The maximum atomic E-state index is 10.6. The lowest BCUT2D eigenvalue weighted by molar-refractivity contribution is -0.131. The molecule has 0 aliphatic heterocycles. The summed E-state index contributed by atoms with van der Waals surface area (Å²) in [5, 5.41) is 17.9. The van der Waals surface area contributed by atoms with Gasteiger partial charge < -0.3 is 14.9 Å². The van der Waals surface area contributed by atoms with Crippen molar-refractivity contribution in [2.24, 2.45) is 0 Å². The lowest BCUT2D eigenvalue weighted by Gasteiger charge is -2.10. The zero-order chi connectivity index (χ0) is 15.2. The molecule has 2 N–H and O–H groups in total. The first-order valence-corrected chi connectivity index (χ1v) is 6.95. The maximum absolute atomic E-state index is 10.6. The molecular weight excluding hydrogens is 336 g/mol. The van der Waals surface area contributed by atoms with Crippen LogP contribution in [-0.4, -0.2) is 16.2 Å². The largest absolute Gasteiger partial charge is 0.508 e. The second kappa shape index (κ2) is 6.95. The van der Waals surface area contributed by atoms with Gasteiger partial charge in [-0.2, -0.15) is 0 Å². The fourth-order valence-electron chi connectivity index (χ4n) is 1.70. The van der Waals surface area contributed by atoms with Crippen LogP contribution in [0.1, 0.15) is 11.1 Å². The Labute approximate surface area is 130 Å². The van der Waals surface area contributed by atoms with Crippen molar-refractivity contribution in [3.05, 3.63) is 64.1 Å². The number of rotatable bonds is 5. The molecule has 2 rings (SSSR count). The van der Waals surface area contributed by atoms with Gasteiger partial charge in [0.1, 0.15) is 18.1 Å². The van der Waals surface area contributed by atoms with Crippen LogP contribution in [0.5, 0.6) is 11.5 Å². The SMILES string of the molecule is O=C(O)/C=C/c1cc(Br)ccc1OCc1ccc(O)cc1. The van der Waals surface area contributed by atoms with Crippen LogP contribution in [0.25, 0.3) is 6.08 Å². The Morgan fingerprint density at radius 1 is 1.19 bits per heavy atom. The molecule has 0 amide bonds. The number of carbonyl (C=O) groups is 1. The van der Waals surface area contributed by atoms with Crippen LogP contribution < -0.4 is 4.74 Å². The number of carboxylic acids is 1. The van der Waals surface area contributed by atoms with Crippen LogP contribution in [0.4, 0.5) is 0 Å². The Hall–Kier alpha value is -2.27. The summed E-state index contributed by atoms with van der Waals surface area (Å²) in [6.07, 6.45) is 2.55. The topological polar surface area (TPSA) is 66.8 Å². The van der Waals surface area contributed by atoms with E-state index in [0.29, 0.717) is 17.9 Å². The van der Waals surface area contributed by atoms with Gasteiger partial charge in [-0.1, -0.05) is 28.1 Å². The lowest BCUT2D eigenvalue weighted by atomic mass is 10.2. The molecular formula is C16H13BrO4. The quantitative estimate of drug-likeness (QED) is 0.805. The molecule has 2 aromatic carbocycles. The first-order chi connectivity index (χ1) is 10.0. The summed E-state index contributed by atoms with van der Waals surface area (Å²) in [6, 6.07) is 12.1. The Morgan fingerprint density at radius 2 is 1.90 bits per heavy atom. The van der Waals surface area contributed by atoms with Gasteiger partial charge in [0.2, 0.25) is 0 Å². The standard InChI is InChI=1S/C16H13BrO4/c17-13-4-7-15(12(9-13)3-8-16(19)20)21-10-11-1-5-14(18)6-2-11/h1-9,18H,10H2,(H,19,20)/b8-3+. The maximum Gasteiger partial charge on any atom is 0.328 e. The molecule has 4 nitrogen and oxygen atoms in total. The monoisotopic (exact) mass is 348 g/mol. The van der Waals surface area contributed by atoms with Gasteiger partial charge >= 0.3 is 5.97 Å². The summed E-state index contributed by atoms with van der Waals surface area (Å²) in [7, 11) is 0. The van der Waals surface area contributed by atoms with Gasteiger partial charge in [-0.25, -0.2) is 4.79 Å². The highest BCUT2D eigenvalue weighted by atomic mass is 79.9. The van der Waals surface area contributed by atoms with Gasteiger partial charge in [0.25, 0.3) is 0 Å². The molecule has 0 atom stereocenters. The third-order valence-corrected chi connectivity index (χ3v) is 3.20. The van der Waals surface area contributed by atoms with Crippen LogP contribution in [0.2, 0.25) is 0 Å². The molecule has 0 spiro atoms. The van der Waals surface area contributed by atoms with E-state index in [0.717, 1.165) is 16.1 Å². The average Bonchev–Trinajstić information content (AvgIpc) is 2.45. The summed E-state index contributed by atoms with van der Waals surface area (Å²) in [6.45, 7) is 0.329. The second-order valence-electron chi connectivity index (χ2n) is 4.31. The van der Waals surface area contributed by atoms with Crippen LogP contribution >= 0.6 is 15.9 Å². The third-order valence-electron chi connectivity index (χ3n) is 2.71. The van der Waals surface area contributed by atoms with Gasteiger partial charge in [-0.3, -0.25) is 0 Å². The van der Waals surface area contributed by atoms with Crippen molar-refractivity contribution in [2.45, 2.75) is 6.61 Å². The van der Waals surface area contributed by atoms with E-state index in [2.05, 4.69) is 15.9 Å². The molecule has 0 fully saturated rings. The Morgan fingerprint density at radius 3 is 2.57 bits per heavy atom. The van der Waals surface area contributed by atoms with Crippen molar-refractivity contribution < 1.29 is 19.7 Å². The number of hydrogen-bond donors (Lipinski definition) is 2. The van der Waals surface area contributed by atoms with Gasteiger partial charge in [-0.15, -0.1) is 0 Å². The third kappa shape index (κ3) is 4.65. The van der Waals surface area contributed by atoms with Gasteiger partial charge in [0, 0.05) is 16.1 Å². The van der Waals surface area contributed by atoms with E-state index in [1.807, 2.05) is 6.07 Å². The summed E-state index contributed by atoms with van der Waals surface area (Å²) < 4.78 is 6.54. The number of benzene rings is 2. The number of ether oxygens (including phenoxy) is 1. The van der Waals surface area contributed by atoms with Crippen molar-refractivity contribution in [1.29, 1.82) is 0 Å². The Kier molecular flexibility index (Phi) is 5.00. The Bertz CT molecular complexity index is 662. The summed E-state index contributed by atoms with van der Waals surface area (Å²) in [5.74, 6) is -0.226. The number of hydrogen-bond acceptors (Lipinski definition) is 3. The molecule has 5 heteroatoms. The predicted octanol–water partition coefficient (Wildman–Crippen LogP) is 3.83. The van der Waals surface area contributed by atoms with Crippen LogP contribution in [0.15, 0.2) is 53.0 Å². The van der Waals surface area contributed by atoms with Gasteiger partial charge in [-0.05, 0) is 42.0 Å². The summed E-state index contributed by atoms with van der Waals surface area (Å²) in [4.78, 5) is 10.6. The van der Waals surface area contributed by atoms with Crippen molar-refractivity contribution in [3.8, 4) is 11.5 Å². The van der Waals surface area contributed by atoms with E-state index in [4.69, 9.17) is 9.84 Å². The molecule has 2 aromatic rings. The molecule has 0 heterocycles. The van der Waals surface area contributed by atoms with Crippen LogP contribution in [0, 0.1) is 0 Å². The van der Waals surface area contributed by atoms with Crippen molar-refractivity contribution in [1.82, 2.24) is 0 Å². The van der Waals surface area contributed by atoms with E-state index in [1.165, 1.54) is 6.08 Å². The highest BCUT2D eigenvalue weighted by Crippen LogP contribution is 2.25. The van der Waals surface area contributed by atoms with E-state index in [9.17, 15) is 9.90 Å². The van der Waals surface area contributed by atoms with E-state index in [1.54, 1.807) is 36.4 Å². The minimum Gasteiger partial charge on any atom is -0.508 e. The zero-order valence-corrected chi connectivity index (χ0v) is 12.6. The Balaban J connectivity index is 2.15. The number of carboxylic acid groups (broad SMARTS) is 1. The molecule has 0 saturated heterocycles. The number of phenols is 1. The summed E-state index contributed by atoms with van der Waals surface area (Å²) >= 11 is 3.34. The molecule has 0 saturated carbocycles. The smallest absolute Gasteiger partial charge is 0.328 e. The molecule has 0 aliphatic carbocycles. The minimum atomic E-state index is -1.01. The first kappa shape index (κ1) is 15.1. The highest BCUT2D eigenvalue weighted by molar-refractivity contribution is 9.10. The van der Waals surface area contributed by atoms with E-state index < -0.39 is 5.97 Å². The molecule has 0 radical (unpaired) electrons. The summed E-state index contributed by atoms with van der Waals surface area (Å²) in [5.41, 5.74) is 1.58. The minimum absolute atomic E-state index is 0.201. The second-order valence-corrected chi connectivity index (χ2v) is 5.22. The van der Waals surface area contributed by atoms with Gasteiger partial charge in [0.05, 0.1) is 0 Å². The molecule has 0 bridgehead atoms. The van der Waals surface area contributed by atoms with Crippen molar-refractivity contribution in [2.75, 3.05) is 0 Å². The predicted molar refractivity (Wildman–Crippen MR) is 83.3 cm³/mol. The molecule has 0 unspecified atom stereocenters. The molecule has 108 valence electrons. The van der Waals surface area contributed by atoms with Gasteiger partial charge in [0.15, 0.2) is 0 Å². The van der Waals surface area contributed by atoms with E-state index >= 15 is 0 Å². The zero-order valence-electron chi connectivity index (χ0n) is 11.0. The fourth-order valence-corrected chi connectivity index (χ4v) is 2.07. The van der Waals surface area contributed by atoms with Crippen molar-refractivity contribution in [3.63, 3.8) is 0 Å². The lowest BCUT2D eigenvalue weighted by Crippen LogP contribution is -1.97. The molecule has 0 aliphatic rings. The average molecular weight is 349 g/mol. The number of halogens is 1. The number of aromatic hydroxyl groups is 1. The van der Waals surface area contributed by atoms with Crippen molar-refractivity contribution >= 4 is 28.0 Å². The fraction of sp³-hybridized carbons (Fsp3) is 0.0625. The first-order valence-electron chi connectivity index (χ1n) is 6.16. The molecule has 21 heavy (non-hydrogen) atoms.